The van der Waals surface area contributed by atoms with E-state index in [2.05, 4.69) is 25.7 Å². The lowest BCUT2D eigenvalue weighted by Gasteiger charge is -2.33. The summed E-state index contributed by atoms with van der Waals surface area (Å²) >= 11 is 0. The number of likely N-dealkylation sites (tertiary alicyclic amines) is 1. The quantitative estimate of drug-likeness (QED) is 0.694. The number of rotatable bonds is 6. The highest BCUT2D eigenvalue weighted by Gasteiger charge is 2.31. The Balaban J connectivity index is 1.52. The molecule has 2 fully saturated rings. The molecule has 10 nitrogen and oxygen atoms in total. The van der Waals surface area contributed by atoms with Gasteiger partial charge < -0.3 is 15.0 Å². The van der Waals surface area contributed by atoms with Crippen LogP contribution in [0.25, 0.3) is 0 Å². The number of benzene rings is 1. The van der Waals surface area contributed by atoms with Crippen LogP contribution in [0.1, 0.15) is 23.9 Å². The highest BCUT2D eigenvalue weighted by molar-refractivity contribution is 5.81. The van der Waals surface area contributed by atoms with Gasteiger partial charge in [-0.25, -0.2) is 4.68 Å². The van der Waals surface area contributed by atoms with Crippen LogP contribution in [-0.4, -0.2) is 87.8 Å². The maximum absolute atomic E-state index is 12.6. The van der Waals surface area contributed by atoms with Crippen LogP contribution >= 0.6 is 0 Å². The van der Waals surface area contributed by atoms with Crippen LogP contribution in [-0.2, 0) is 20.9 Å². The molecule has 0 spiro atoms. The van der Waals surface area contributed by atoms with E-state index < -0.39 is 0 Å². The normalized spacial score (nSPS) is 21.3. The monoisotopic (exact) mass is 399 g/mol. The average Bonchev–Trinajstić information content (AvgIpc) is 3.29. The topological polar surface area (TPSA) is 105 Å². The Bertz CT molecular complexity index is 850. The van der Waals surface area contributed by atoms with E-state index in [1.807, 2.05) is 30.3 Å². The van der Waals surface area contributed by atoms with E-state index in [1.54, 1.807) is 16.6 Å². The van der Waals surface area contributed by atoms with Gasteiger partial charge in [0.1, 0.15) is 6.54 Å². The van der Waals surface area contributed by atoms with Crippen LogP contribution in [0.15, 0.2) is 30.3 Å². The molecule has 2 saturated heterocycles. The lowest BCUT2D eigenvalue weighted by atomic mass is 10.0. The summed E-state index contributed by atoms with van der Waals surface area (Å²) in [5.74, 6) is 0.447. The van der Waals surface area contributed by atoms with Gasteiger partial charge in [0.25, 0.3) is 0 Å². The van der Waals surface area contributed by atoms with Crippen LogP contribution in [0.4, 0.5) is 0 Å². The van der Waals surface area contributed by atoms with E-state index in [-0.39, 0.29) is 30.4 Å². The maximum atomic E-state index is 12.6. The first-order valence-electron chi connectivity index (χ1n) is 9.78. The number of nitrogens with zero attached hydrogens (tertiary/aromatic N) is 6. The molecule has 2 aliphatic rings. The molecule has 4 rings (SSSR count). The summed E-state index contributed by atoms with van der Waals surface area (Å²) < 4.78 is 7.04. The van der Waals surface area contributed by atoms with Gasteiger partial charge in [-0.15, -0.1) is 5.10 Å². The zero-order valence-electron chi connectivity index (χ0n) is 16.4. The molecule has 0 saturated carbocycles. The zero-order valence-corrected chi connectivity index (χ0v) is 16.4. The Hall–Kier alpha value is -2.85. The van der Waals surface area contributed by atoms with Gasteiger partial charge in [-0.1, -0.05) is 30.3 Å². The summed E-state index contributed by atoms with van der Waals surface area (Å²) in [6.45, 7) is 3.34. The molecular formula is C19H25N7O3. The molecule has 154 valence electrons. The third kappa shape index (κ3) is 4.43. The van der Waals surface area contributed by atoms with Gasteiger partial charge >= 0.3 is 0 Å². The number of hydrogen-bond donors (Lipinski definition) is 1. The predicted molar refractivity (Wildman–Crippen MR) is 103 cm³/mol. The summed E-state index contributed by atoms with van der Waals surface area (Å²) in [5.41, 5.74) is 1.06. The molecule has 0 unspecified atom stereocenters. The van der Waals surface area contributed by atoms with Crippen molar-refractivity contribution in [1.82, 2.24) is 35.3 Å². The predicted octanol–water partition coefficient (Wildman–Crippen LogP) is -0.558. The van der Waals surface area contributed by atoms with E-state index in [1.165, 1.54) is 0 Å². The minimum absolute atomic E-state index is 0.00438. The van der Waals surface area contributed by atoms with E-state index in [9.17, 15) is 9.59 Å². The van der Waals surface area contributed by atoms with Gasteiger partial charge in [0.15, 0.2) is 5.82 Å². The minimum atomic E-state index is -0.208. The number of morpholine rings is 1. The molecule has 1 N–H and O–H groups in total. The van der Waals surface area contributed by atoms with Crippen molar-refractivity contribution in [3.05, 3.63) is 41.7 Å². The van der Waals surface area contributed by atoms with Gasteiger partial charge in [0, 0.05) is 33.1 Å². The minimum Gasteiger partial charge on any atom is -0.379 e. The molecular weight excluding hydrogens is 374 g/mol. The van der Waals surface area contributed by atoms with Crippen molar-refractivity contribution in [2.24, 2.45) is 0 Å². The number of hydrogen-bond acceptors (Lipinski definition) is 7. The largest absolute Gasteiger partial charge is 0.379 e. The molecule has 2 aliphatic heterocycles. The second-order valence-corrected chi connectivity index (χ2v) is 7.40. The Morgan fingerprint density at radius 1 is 1.28 bits per heavy atom. The molecule has 2 amide bonds. The van der Waals surface area contributed by atoms with Crippen molar-refractivity contribution in [2.75, 3.05) is 39.9 Å². The summed E-state index contributed by atoms with van der Waals surface area (Å²) in [6.07, 6.45) is 0.325. The van der Waals surface area contributed by atoms with Gasteiger partial charge in [0.2, 0.25) is 11.8 Å². The lowest BCUT2D eigenvalue weighted by Crippen LogP contribution is -2.42. The highest BCUT2D eigenvalue weighted by atomic mass is 16.5. The maximum Gasteiger partial charge on any atom is 0.242 e. The molecule has 0 bridgehead atoms. The molecule has 0 radical (unpaired) electrons. The first kappa shape index (κ1) is 19.5. The summed E-state index contributed by atoms with van der Waals surface area (Å²) in [6, 6.07) is 9.68. The Morgan fingerprint density at radius 2 is 2.03 bits per heavy atom. The summed E-state index contributed by atoms with van der Waals surface area (Å²) in [5, 5.41) is 15.1. The molecule has 2 aromatic rings. The number of aromatic nitrogens is 4. The molecule has 29 heavy (non-hydrogen) atoms. The van der Waals surface area contributed by atoms with Crippen molar-refractivity contribution in [1.29, 1.82) is 0 Å². The first-order chi connectivity index (χ1) is 14.1. The summed E-state index contributed by atoms with van der Waals surface area (Å²) in [4.78, 5) is 28.1. The number of carbonyl (C=O) groups is 2. The molecule has 10 heteroatoms. The fourth-order valence-electron chi connectivity index (χ4n) is 3.88. The van der Waals surface area contributed by atoms with Gasteiger partial charge in [-0.3, -0.25) is 14.5 Å². The number of nitrogens with one attached hydrogen (secondary N) is 1. The van der Waals surface area contributed by atoms with E-state index >= 15 is 0 Å². The Labute approximate surface area is 168 Å². The smallest absolute Gasteiger partial charge is 0.242 e. The first-order valence-corrected chi connectivity index (χ1v) is 9.78. The molecule has 2 atom stereocenters. The fourth-order valence-corrected chi connectivity index (χ4v) is 3.88. The van der Waals surface area contributed by atoms with E-state index in [0.29, 0.717) is 32.0 Å². The Morgan fingerprint density at radius 3 is 2.72 bits per heavy atom. The van der Waals surface area contributed by atoms with Gasteiger partial charge in [0.05, 0.1) is 25.3 Å². The highest BCUT2D eigenvalue weighted by Crippen LogP contribution is 2.27. The number of ether oxygens (including phenoxy) is 1. The third-order valence-electron chi connectivity index (χ3n) is 5.33. The van der Waals surface area contributed by atoms with Gasteiger partial charge in [-0.2, -0.15) is 0 Å². The van der Waals surface area contributed by atoms with Crippen LogP contribution in [0.5, 0.6) is 0 Å². The number of amides is 2. The van der Waals surface area contributed by atoms with Crippen LogP contribution in [0.2, 0.25) is 0 Å². The fraction of sp³-hybridized carbons (Fsp3) is 0.526. The second-order valence-electron chi connectivity index (χ2n) is 7.40. The molecule has 3 heterocycles. The Kier molecular flexibility index (Phi) is 5.81. The van der Waals surface area contributed by atoms with Crippen molar-refractivity contribution in [3.8, 4) is 0 Å². The number of likely N-dealkylation sites (N-methyl/N-ethyl adjacent to an activating group) is 1. The van der Waals surface area contributed by atoms with Gasteiger partial charge in [-0.05, 0) is 16.0 Å². The second kappa shape index (κ2) is 8.66. The van der Waals surface area contributed by atoms with E-state index in [4.69, 9.17) is 4.74 Å². The lowest BCUT2D eigenvalue weighted by molar-refractivity contribution is -0.126. The van der Waals surface area contributed by atoms with E-state index in [0.717, 1.165) is 18.7 Å². The number of carbonyl (C=O) groups excluding carboxylic acids is 2. The number of tetrazole rings is 1. The molecule has 1 aromatic heterocycles. The van der Waals surface area contributed by atoms with Crippen molar-refractivity contribution < 1.29 is 14.3 Å². The van der Waals surface area contributed by atoms with Crippen molar-refractivity contribution in [3.63, 3.8) is 0 Å². The van der Waals surface area contributed by atoms with Crippen LogP contribution in [0.3, 0.4) is 0 Å². The zero-order chi connectivity index (χ0) is 20.2. The standard InChI is InChI=1S/C19H25N7O3/c1-24-12-15(11-17(24)28)20-16(27)13-26-19(21-22-23-26)18(14-5-3-2-4-6-14)25-7-9-29-10-8-25/h2-6,15,18H,7-13H2,1H3,(H,20,27)/t15-,18-/m1/s1. The molecule has 1 aromatic carbocycles. The molecule has 0 aliphatic carbocycles. The van der Waals surface area contributed by atoms with Crippen molar-refractivity contribution in [2.45, 2.75) is 25.0 Å². The summed E-state index contributed by atoms with van der Waals surface area (Å²) in [7, 11) is 1.74. The van der Waals surface area contributed by atoms with Crippen LogP contribution < -0.4 is 5.32 Å². The average molecular weight is 399 g/mol. The van der Waals surface area contributed by atoms with Crippen LogP contribution in [0, 0.1) is 0 Å². The third-order valence-corrected chi connectivity index (χ3v) is 5.33. The van der Waals surface area contributed by atoms with Crippen molar-refractivity contribution >= 4 is 11.8 Å². The SMILES string of the molecule is CN1C[C@H](NC(=O)Cn2nnnc2[C@@H](c2ccccc2)N2CCOCC2)CC1=O.